The van der Waals surface area contributed by atoms with Gasteiger partial charge in [-0.15, -0.1) is 0 Å². The van der Waals surface area contributed by atoms with Crippen molar-refractivity contribution < 1.29 is 0 Å². The SMILES string of the molecule is C#[N+]c1nc([N+]#C)nc(NC)n1. The molecule has 0 amide bonds. The van der Waals surface area contributed by atoms with Gasteiger partial charge < -0.3 is 5.32 Å². The van der Waals surface area contributed by atoms with Crippen LogP contribution >= 0.6 is 0 Å². The first-order chi connectivity index (χ1) is 5.80. The van der Waals surface area contributed by atoms with Gasteiger partial charge in [0.2, 0.25) is 0 Å². The highest BCUT2D eigenvalue weighted by Crippen LogP contribution is 2.12. The summed E-state index contributed by atoms with van der Waals surface area (Å²) in [6, 6.07) is 0. The molecule has 1 aromatic rings. The van der Waals surface area contributed by atoms with Crippen LogP contribution in [0.25, 0.3) is 9.69 Å². The predicted molar refractivity (Wildman–Crippen MR) is 45.3 cm³/mol. The maximum atomic E-state index is 4.96. The summed E-state index contributed by atoms with van der Waals surface area (Å²) in [4.78, 5) is 17.8. The van der Waals surface area contributed by atoms with E-state index in [9.17, 15) is 0 Å². The smallest absolute Gasteiger partial charge is 0.329 e. The second kappa shape index (κ2) is 3.26. The molecule has 1 rings (SSSR count). The van der Waals surface area contributed by atoms with Gasteiger partial charge in [0.15, 0.2) is 0 Å². The third-order valence-corrected chi connectivity index (χ3v) is 1.07. The summed E-state index contributed by atoms with van der Waals surface area (Å²) in [5, 5.41) is 2.68. The lowest BCUT2D eigenvalue weighted by Gasteiger charge is -1.83. The van der Waals surface area contributed by atoms with E-state index in [4.69, 9.17) is 13.1 Å². The van der Waals surface area contributed by atoms with Crippen LogP contribution < -0.4 is 5.32 Å². The minimum Gasteiger partial charge on any atom is -0.329 e. The average molecular weight is 162 g/mol. The van der Waals surface area contributed by atoms with Crippen molar-refractivity contribution in [2.24, 2.45) is 0 Å². The van der Waals surface area contributed by atoms with Crippen molar-refractivity contribution in [2.75, 3.05) is 12.4 Å². The van der Waals surface area contributed by atoms with E-state index < -0.39 is 0 Å². The molecule has 0 aliphatic heterocycles. The second-order valence-corrected chi connectivity index (χ2v) is 1.77. The fourth-order valence-corrected chi connectivity index (χ4v) is 0.581. The van der Waals surface area contributed by atoms with Crippen molar-refractivity contribution in [2.45, 2.75) is 0 Å². The Labute approximate surface area is 68.9 Å². The molecule has 0 saturated heterocycles. The molecule has 0 aliphatic carbocycles. The lowest BCUT2D eigenvalue weighted by atomic mass is 10.8. The molecule has 0 radical (unpaired) electrons. The minimum absolute atomic E-state index is 0.0820. The summed E-state index contributed by atoms with van der Waals surface area (Å²) in [6.45, 7) is 9.92. The number of hydrogen-bond donors (Lipinski definition) is 1. The van der Waals surface area contributed by atoms with E-state index in [1.165, 1.54) is 0 Å². The van der Waals surface area contributed by atoms with Gasteiger partial charge in [-0.3, -0.25) is 0 Å². The summed E-state index contributed by atoms with van der Waals surface area (Å²) in [7, 11) is 1.65. The fraction of sp³-hybridized carbons (Fsp3) is 0.167. The van der Waals surface area contributed by atoms with E-state index in [0.29, 0.717) is 5.95 Å². The Bertz CT molecular complexity index is 338. The van der Waals surface area contributed by atoms with Crippen molar-refractivity contribution in [3.05, 3.63) is 9.69 Å². The van der Waals surface area contributed by atoms with Crippen LogP contribution in [-0.2, 0) is 0 Å². The third kappa shape index (κ3) is 1.44. The largest absolute Gasteiger partial charge is 0.542 e. The lowest BCUT2D eigenvalue weighted by Crippen LogP contribution is -1.96. The van der Waals surface area contributed by atoms with E-state index in [-0.39, 0.29) is 11.9 Å². The van der Waals surface area contributed by atoms with Crippen molar-refractivity contribution in [1.82, 2.24) is 15.0 Å². The molecule has 0 fully saturated rings. The summed E-state index contributed by atoms with van der Waals surface area (Å²) in [5.41, 5.74) is 0. The Balaban J connectivity index is 3.24. The van der Waals surface area contributed by atoms with Crippen LogP contribution in [0.15, 0.2) is 0 Å². The van der Waals surface area contributed by atoms with E-state index in [2.05, 4.69) is 30.0 Å². The number of anilines is 1. The zero-order chi connectivity index (χ0) is 8.97. The number of nitrogens with one attached hydrogen (secondary N) is 1. The summed E-state index contributed by atoms with van der Waals surface area (Å²) in [5.74, 6) is 0.482. The van der Waals surface area contributed by atoms with Gasteiger partial charge in [-0.25, -0.2) is 0 Å². The molecule has 1 N–H and O–H groups in total. The Kier molecular flexibility index (Phi) is 2.14. The van der Waals surface area contributed by atoms with Gasteiger partial charge in [0.25, 0.3) is 0 Å². The summed E-state index contributed by atoms with van der Waals surface area (Å²) in [6.07, 6.45) is 0. The van der Waals surface area contributed by atoms with Crippen LogP contribution in [0.3, 0.4) is 0 Å². The Morgan fingerprint density at radius 1 is 1.08 bits per heavy atom. The van der Waals surface area contributed by atoms with Crippen molar-refractivity contribution >= 4 is 17.8 Å². The second-order valence-electron chi connectivity index (χ2n) is 1.77. The van der Waals surface area contributed by atoms with Gasteiger partial charge in [0.05, 0.1) is 0 Å². The van der Waals surface area contributed by atoms with Crippen molar-refractivity contribution in [3.8, 4) is 13.1 Å². The molecule has 0 spiro atoms. The van der Waals surface area contributed by atoms with E-state index in [1.54, 1.807) is 7.05 Å². The van der Waals surface area contributed by atoms with Crippen LogP contribution in [0.4, 0.5) is 17.8 Å². The first-order valence-electron chi connectivity index (χ1n) is 3.06. The molecule has 12 heavy (non-hydrogen) atoms. The highest BCUT2D eigenvalue weighted by Gasteiger charge is 2.19. The van der Waals surface area contributed by atoms with Crippen LogP contribution in [0.5, 0.6) is 0 Å². The zero-order valence-corrected chi connectivity index (χ0v) is 6.39. The number of nitrogens with zero attached hydrogens (tertiary/aromatic N) is 5. The minimum atomic E-state index is 0.0820. The number of hydrogen-bond acceptors (Lipinski definition) is 4. The Hall–Kier alpha value is -2.21. The molecule has 1 heterocycles. The molecule has 1 aromatic heterocycles. The molecule has 0 saturated carbocycles. The fourth-order valence-electron chi connectivity index (χ4n) is 0.581. The monoisotopic (exact) mass is 162 g/mol. The highest BCUT2D eigenvalue weighted by molar-refractivity contribution is 5.43. The maximum absolute atomic E-state index is 4.96. The summed E-state index contributed by atoms with van der Waals surface area (Å²) >= 11 is 0. The molecular weight excluding hydrogens is 156 g/mol. The Morgan fingerprint density at radius 2 is 1.58 bits per heavy atom. The van der Waals surface area contributed by atoms with Gasteiger partial charge in [-0.05, 0) is 0 Å². The van der Waals surface area contributed by atoms with Gasteiger partial charge in [0, 0.05) is 22.0 Å². The lowest BCUT2D eigenvalue weighted by molar-refractivity contribution is 1.09. The number of rotatable bonds is 1. The molecule has 0 aliphatic rings. The van der Waals surface area contributed by atoms with Crippen LogP contribution in [0.2, 0.25) is 0 Å². The Morgan fingerprint density at radius 3 is 1.92 bits per heavy atom. The topological polar surface area (TPSA) is 59.4 Å². The number of aromatic nitrogens is 3. The van der Waals surface area contributed by atoms with Gasteiger partial charge in [-0.1, -0.05) is 0 Å². The van der Waals surface area contributed by atoms with Gasteiger partial charge in [-0.2, -0.15) is 9.69 Å². The predicted octanol–water partition coefficient (Wildman–Crippen LogP) is 1.10. The molecular formula is C6H6N6+2. The normalized spacial score (nSPS) is 8.25. The molecule has 6 heteroatoms. The molecule has 0 aromatic carbocycles. The van der Waals surface area contributed by atoms with Crippen LogP contribution in [-0.4, -0.2) is 22.0 Å². The van der Waals surface area contributed by atoms with Crippen LogP contribution in [0, 0.1) is 13.1 Å². The van der Waals surface area contributed by atoms with E-state index in [0.717, 1.165) is 0 Å². The van der Waals surface area contributed by atoms with E-state index in [1.807, 2.05) is 0 Å². The molecule has 0 unspecified atom stereocenters. The molecule has 0 atom stereocenters. The van der Waals surface area contributed by atoms with Crippen LogP contribution in [0.1, 0.15) is 0 Å². The molecule has 0 bridgehead atoms. The first-order valence-corrected chi connectivity index (χ1v) is 3.06. The van der Waals surface area contributed by atoms with Crippen molar-refractivity contribution in [3.63, 3.8) is 0 Å². The van der Waals surface area contributed by atoms with E-state index >= 15 is 0 Å². The molecule has 58 valence electrons. The quantitative estimate of drug-likeness (QED) is 0.671. The third-order valence-electron chi connectivity index (χ3n) is 1.07. The van der Waals surface area contributed by atoms with Gasteiger partial charge >= 0.3 is 17.8 Å². The van der Waals surface area contributed by atoms with Gasteiger partial charge in [0.1, 0.15) is 13.1 Å². The first kappa shape index (κ1) is 7.89. The highest BCUT2D eigenvalue weighted by atomic mass is 15.2. The van der Waals surface area contributed by atoms with Crippen molar-refractivity contribution in [1.29, 1.82) is 0 Å². The summed E-state index contributed by atoms with van der Waals surface area (Å²) < 4.78 is 0. The zero-order valence-electron chi connectivity index (χ0n) is 6.39. The standard InChI is InChI=1S/C6H6N6/c1-7-4-10-5(8-2)12-6(9-3)11-4/h1-2H,3H3,(H,9,10,11,12)/q+2. The molecule has 6 nitrogen and oxygen atoms in total. The average Bonchev–Trinajstić information content (AvgIpc) is 2.16. The maximum Gasteiger partial charge on any atom is 0.542 e.